The molecule has 8 heteroatoms. The van der Waals surface area contributed by atoms with Crippen LogP contribution in [0, 0.1) is 22.2 Å². The van der Waals surface area contributed by atoms with Crippen LogP contribution >= 0.6 is 0 Å². The minimum Gasteiger partial charge on any atom is -0.469 e. The van der Waals surface area contributed by atoms with Crippen LogP contribution in [0.2, 0.25) is 0 Å². The zero-order valence-corrected chi connectivity index (χ0v) is 14.6. The van der Waals surface area contributed by atoms with Crippen LogP contribution in [0.1, 0.15) is 33.1 Å². The molecule has 1 atom stereocenters. The molecule has 0 fully saturated rings. The molecule has 0 bridgehead atoms. The molecule has 0 aromatic carbocycles. The number of hydrogen-bond acceptors (Lipinski definition) is 8. The Balaban J connectivity index is 2.80. The lowest BCUT2D eigenvalue weighted by molar-refractivity contribution is -0.156. The van der Waals surface area contributed by atoms with E-state index in [0.29, 0.717) is 6.42 Å². The van der Waals surface area contributed by atoms with Gasteiger partial charge in [-0.25, -0.2) is 0 Å². The Morgan fingerprint density at radius 2 is 1.92 bits per heavy atom. The normalized spacial score (nSPS) is 24.8. The van der Waals surface area contributed by atoms with E-state index < -0.39 is 29.2 Å². The third-order valence-corrected chi connectivity index (χ3v) is 4.45. The first-order valence-corrected chi connectivity index (χ1v) is 7.63. The van der Waals surface area contributed by atoms with E-state index in [9.17, 15) is 19.6 Å². The van der Waals surface area contributed by atoms with Crippen molar-refractivity contribution >= 4 is 17.7 Å². The molecule has 2 N–H and O–H groups in total. The monoisotopic (exact) mass is 348 g/mol. The molecule has 0 spiro atoms. The molecule has 1 aliphatic heterocycles. The molecule has 1 unspecified atom stereocenters. The van der Waals surface area contributed by atoms with Crippen molar-refractivity contribution in [1.29, 1.82) is 5.26 Å². The number of nitrogens with two attached hydrogens (primary N) is 1. The summed E-state index contributed by atoms with van der Waals surface area (Å²) in [5.74, 6) is -2.23. The zero-order valence-electron chi connectivity index (χ0n) is 14.6. The van der Waals surface area contributed by atoms with E-state index in [-0.39, 0.29) is 35.0 Å². The number of ether oxygens (including phenoxy) is 3. The lowest BCUT2D eigenvalue weighted by Gasteiger charge is -2.41. The van der Waals surface area contributed by atoms with E-state index in [4.69, 9.17) is 15.2 Å². The van der Waals surface area contributed by atoms with Gasteiger partial charge in [0.15, 0.2) is 5.78 Å². The lowest BCUT2D eigenvalue weighted by Crippen LogP contribution is -2.47. The van der Waals surface area contributed by atoms with Crippen molar-refractivity contribution in [2.24, 2.45) is 16.6 Å². The summed E-state index contributed by atoms with van der Waals surface area (Å²) in [6.07, 6.45) is -0.116. The minimum absolute atomic E-state index is 0.0465. The summed E-state index contributed by atoms with van der Waals surface area (Å²) >= 11 is 0. The Kier molecular flexibility index (Phi) is 4.62. The summed E-state index contributed by atoms with van der Waals surface area (Å²) in [4.78, 5) is 37.6. The highest BCUT2D eigenvalue weighted by atomic mass is 16.5. The summed E-state index contributed by atoms with van der Waals surface area (Å²) in [5, 5.41) is 9.54. The van der Waals surface area contributed by atoms with E-state index in [2.05, 4.69) is 4.74 Å². The number of ketones is 1. The Morgan fingerprint density at radius 3 is 2.44 bits per heavy atom. The molecule has 2 rings (SSSR count). The summed E-state index contributed by atoms with van der Waals surface area (Å²) in [6, 6.07) is 1.80. The molecule has 8 nitrogen and oxygen atoms in total. The lowest BCUT2D eigenvalue weighted by atomic mass is 9.63. The predicted molar refractivity (Wildman–Crippen MR) is 84.0 cm³/mol. The molecule has 0 aromatic heterocycles. The van der Waals surface area contributed by atoms with Gasteiger partial charge in [-0.15, -0.1) is 0 Å². The van der Waals surface area contributed by atoms with Crippen LogP contribution in [0.15, 0.2) is 22.8 Å². The van der Waals surface area contributed by atoms with E-state index in [1.807, 2.05) is 13.8 Å². The van der Waals surface area contributed by atoms with Crippen LogP contribution < -0.4 is 5.73 Å². The second-order valence-electron chi connectivity index (χ2n) is 6.84. The number of carbonyl (C=O) groups is 3. The van der Waals surface area contributed by atoms with Crippen LogP contribution in [0.4, 0.5) is 0 Å². The number of nitriles is 1. The molecule has 0 saturated heterocycles. The fraction of sp³-hybridized carbons (Fsp3) is 0.529. The van der Waals surface area contributed by atoms with Gasteiger partial charge in [0.05, 0.1) is 26.2 Å². The van der Waals surface area contributed by atoms with Gasteiger partial charge in [-0.2, -0.15) is 5.26 Å². The summed E-state index contributed by atoms with van der Waals surface area (Å²) in [6.45, 7) is 3.75. The van der Waals surface area contributed by atoms with Crippen molar-refractivity contribution in [2.75, 3.05) is 14.2 Å². The molecule has 134 valence electrons. The van der Waals surface area contributed by atoms with Crippen molar-refractivity contribution in [2.45, 2.75) is 33.1 Å². The van der Waals surface area contributed by atoms with Crippen LogP contribution in [0.3, 0.4) is 0 Å². The third-order valence-electron chi connectivity index (χ3n) is 4.45. The first-order valence-electron chi connectivity index (χ1n) is 7.63. The number of carbonyl (C=O) groups excluding carboxylic acids is 3. The van der Waals surface area contributed by atoms with Crippen LogP contribution in [-0.4, -0.2) is 31.9 Å². The Morgan fingerprint density at radius 1 is 1.28 bits per heavy atom. The van der Waals surface area contributed by atoms with E-state index >= 15 is 0 Å². The SMILES string of the molecule is COC(=O)CC1(C(=O)OC)C(C#N)=C(N)OC2=C1C(=O)CC(C)(C)C2. The Labute approximate surface area is 145 Å². The number of hydrogen-bond donors (Lipinski definition) is 1. The number of nitrogens with zero attached hydrogens (tertiary/aromatic N) is 1. The minimum atomic E-state index is -1.96. The van der Waals surface area contributed by atoms with E-state index in [1.54, 1.807) is 6.07 Å². The first-order chi connectivity index (χ1) is 11.6. The van der Waals surface area contributed by atoms with Gasteiger partial charge in [0.1, 0.15) is 22.8 Å². The number of rotatable bonds is 3. The molecule has 1 heterocycles. The molecule has 0 saturated carbocycles. The van der Waals surface area contributed by atoms with Gasteiger partial charge in [-0.1, -0.05) is 13.8 Å². The predicted octanol–water partition coefficient (Wildman–Crippen LogP) is 1.08. The highest BCUT2D eigenvalue weighted by Gasteiger charge is 2.58. The molecule has 0 amide bonds. The molecular weight excluding hydrogens is 328 g/mol. The van der Waals surface area contributed by atoms with Crippen LogP contribution in [0.5, 0.6) is 0 Å². The summed E-state index contributed by atoms with van der Waals surface area (Å²) in [7, 11) is 2.26. The van der Waals surface area contributed by atoms with Crippen molar-refractivity contribution in [3.8, 4) is 6.07 Å². The molecular formula is C17H20N2O6. The second kappa shape index (κ2) is 6.24. The van der Waals surface area contributed by atoms with Crippen molar-refractivity contribution in [1.82, 2.24) is 0 Å². The van der Waals surface area contributed by atoms with Gasteiger partial charge in [0.25, 0.3) is 0 Å². The maximum atomic E-state index is 12.8. The number of allylic oxidation sites excluding steroid dienone is 1. The van der Waals surface area contributed by atoms with Gasteiger partial charge in [-0.3, -0.25) is 14.4 Å². The zero-order chi connectivity index (χ0) is 19.0. The highest BCUT2D eigenvalue weighted by molar-refractivity contribution is 6.07. The third kappa shape index (κ3) is 2.86. The van der Waals surface area contributed by atoms with Gasteiger partial charge in [-0.05, 0) is 5.41 Å². The van der Waals surface area contributed by atoms with Gasteiger partial charge >= 0.3 is 11.9 Å². The van der Waals surface area contributed by atoms with Crippen molar-refractivity contribution in [3.05, 3.63) is 22.8 Å². The van der Waals surface area contributed by atoms with E-state index in [0.717, 1.165) is 14.2 Å². The number of methoxy groups -OCH3 is 2. The van der Waals surface area contributed by atoms with Gasteiger partial charge < -0.3 is 19.9 Å². The Bertz CT molecular complexity index is 756. The molecule has 0 radical (unpaired) electrons. The molecule has 25 heavy (non-hydrogen) atoms. The summed E-state index contributed by atoms with van der Waals surface area (Å²) in [5.41, 5.74) is 3.11. The topological polar surface area (TPSA) is 129 Å². The number of esters is 2. The second-order valence-corrected chi connectivity index (χ2v) is 6.84. The average molecular weight is 348 g/mol. The Hall–Kier alpha value is -2.82. The number of Topliss-reactive ketones (excluding diaryl/α,β-unsaturated/α-hetero) is 1. The van der Waals surface area contributed by atoms with Gasteiger partial charge in [0, 0.05) is 12.8 Å². The van der Waals surface area contributed by atoms with Crippen molar-refractivity contribution < 1.29 is 28.6 Å². The fourth-order valence-electron chi connectivity index (χ4n) is 3.41. The van der Waals surface area contributed by atoms with Gasteiger partial charge in [0.2, 0.25) is 5.88 Å². The first kappa shape index (κ1) is 18.5. The molecule has 2 aliphatic rings. The largest absolute Gasteiger partial charge is 0.469 e. The standard InChI is InChI=1S/C17H20N2O6/c1-16(2)5-10(20)13-11(6-16)25-14(19)9(8-18)17(13,15(22)24-4)7-12(21)23-3/h5-7,19H2,1-4H3. The van der Waals surface area contributed by atoms with Crippen LogP contribution in [-0.2, 0) is 28.6 Å². The van der Waals surface area contributed by atoms with Crippen LogP contribution in [0.25, 0.3) is 0 Å². The maximum absolute atomic E-state index is 12.8. The molecule has 0 aromatic rings. The smallest absolute Gasteiger partial charge is 0.322 e. The fourth-order valence-corrected chi connectivity index (χ4v) is 3.41. The van der Waals surface area contributed by atoms with Crippen molar-refractivity contribution in [3.63, 3.8) is 0 Å². The average Bonchev–Trinajstić information content (AvgIpc) is 2.51. The quantitative estimate of drug-likeness (QED) is 0.750. The maximum Gasteiger partial charge on any atom is 0.322 e. The summed E-state index contributed by atoms with van der Waals surface area (Å²) < 4.78 is 15.0. The highest BCUT2D eigenvalue weighted by Crippen LogP contribution is 2.52. The molecule has 1 aliphatic carbocycles. The van der Waals surface area contributed by atoms with E-state index in [1.165, 1.54) is 0 Å².